The van der Waals surface area contributed by atoms with Crippen LogP contribution in [0.5, 0.6) is 0 Å². The molecule has 1 aliphatic rings. The second kappa shape index (κ2) is 6.13. The van der Waals surface area contributed by atoms with Gasteiger partial charge in [0.2, 0.25) is 0 Å². The van der Waals surface area contributed by atoms with Gasteiger partial charge in [-0.15, -0.1) is 0 Å². The number of anilines is 1. The van der Waals surface area contributed by atoms with Crippen molar-refractivity contribution in [3.8, 4) is 0 Å². The van der Waals surface area contributed by atoms with Gasteiger partial charge in [0.05, 0.1) is 43.0 Å². The largest absolute Gasteiger partial charge is 0.394 e. The Labute approximate surface area is 107 Å². The van der Waals surface area contributed by atoms with Gasteiger partial charge in [-0.2, -0.15) is 0 Å². The van der Waals surface area contributed by atoms with Crippen LogP contribution in [-0.2, 0) is 4.74 Å². The van der Waals surface area contributed by atoms with E-state index in [9.17, 15) is 5.11 Å². The molecule has 0 spiro atoms. The predicted molar refractivity (Wildman–Crippen MR) is 68.5 cm³/mol. The fourth-order valence-electron chi connectivity index (χ4n) is 2.06. The van der Waals surface area contributed by atoms with Crippen molar-refractivity contribution in [2.75, 3.05) is 31.2 Å². The summed E-state index contributed by atoms with van der Waals surface area (Å²) in [4.78, 5) is 6.42. The quantitative estimate of drug-likeness (QED) is 0.826. The first-order valence-corrected chi connectivity index (χ1v) is 6.36. The molecular formula is C13H20N2O3. The van der Waals surface area contributed by atoms with E-state index in [4.69, 9.17) is 9.84 Å². The topological polar surface area (TPSA) is 65.8 Å². The Morgan fingerprint density at radius 2 is 2.39 bits per heavy atom. The van der Waals surface area contributed by atoms with Gasteiger partial charge >= 0.3 is 0 Å². The maximum atomic E-state index is 9.68. The maximum absolute atomic E-state index is 9.68. The molecule has 0 aliphatic carbocycles. The van der Waals surface area contributed by atoms with E-state index >= 15 is 0 Å². The first-order chi connectivity index (χ1) is 8.74. The second-order valence-electron chi connectivity index (χ2n) is 4.49. The highest BCUT2D eigenvalue weighted by Crippen LogP contribution is 2.20. The lowest BCUT2D eigenvalue weighted by molar-refractivity contribution is 0.00355. The van der Waals surface area contributed by atoms with E-state index in [-0.39, 0.29) is 12.7 Å². The molecule has 2 N–H and O–H groups in total. The van der Waals surface area contributed by atoms with E-state index in [1.165, 1.54) is 0 Å². The predicted octanol–water partition coefficient (Wildman–Crippen LogP) is 0.722. The number of aromatic nitrogens is 1. The minimum Gasteiger partial charge on any atom is -0.394 e. The highest BCUT2D eigenvalue weighted by molar-refractivity contribution is 5.45. The van der Waals surface area contributed by atoms with E-state index in [1.54, 1.807) is 6.20 Å². The standard InChI is InChI=1S/C13H20N2O3/c1-2-13(17)12-4-3-10(7-14-12)15-5-6-18-11(8-15)9-16/h3-4,7,11,13,16-17H,2,5-6,8-9H2,1H3/t11?,13-/m0/s1. The summed E-state index contributed by atoms with van der Waals surface area (Å²) in [5, 5.41) is 18.8. The Morgan fingerprint density at radius 1 is 1.56 bits per heavy atom. The van der Waals surface area contributed by atoms with Crippen LogP contribution in [0.3, 0.4) is 0 Å². The van der Waals surface area contributed by atoms with E-state index < -0.39 is 6.10 Å². The molecule has 0 saturated carbocycles. The molecule has 1 aromatic heterocycles. The number of rotatable bonds is 4. The Balaban J connectivity index is 2.04. The number of ether oxygens (including phenoxy) is 1. The van der Waals surface area contributed by atoms with Crippen molar-refractivity contribution in [2.24, 2.45) is 0 Å². The lowest BCUT2D eigenvalue weighted by Gasteiger charge is -2.33. The molecule has 0 bridgehead atoms. The smallest absolute Gasteiger partial charge is 0.0980 e. The number of morpholine rings is 1. The Bertz CT molecular complexity index is 369. The van der Waals surface area contributed by atoms with Crippen LogP contribution in [0.25, 0.3) is 0 Å². The Kier molecular flexibility index (Phi) is 4.52. The van der Waals surface area contributed by atoms with Crippen molar-refractivity contribution in [1.29, 1.82) is 0 Å². The third-order valence-corrected chi connectivity index (χ3v) is 3.21. The third kappa shape index (κ3) is 2.98. The lowest BCUT2D eigenvalue weighted by atomic mass is 10.1. The van der Waals surface area contributed by atoms with Crippen molar-refractivity contribution >= 4 is 5.69 Å². The fourth-order valence-corrected chi connectivity index (χ4v) is 2.06. The van der Waals surface area contributed by atoms with Gasteiger partial charge < -0.3 is 19.8 Å². The molecule has 1 fully saturated rings. The molecule has 5 nitrogen and oxygen atoms in total. The minimum absolute atomic E-state index is 0.0383. The summed E-state index contributed by atoms with van der Waals surface area (Å²) in [5.74, 6) is 0. The van der Waals surface area contributed by atoms with Crippen LogP contribution in [0.2, 0.25) is 0 Å². The number of hydrogen-bond donors (Lipinski definition) is 2. The highest BCUT2D eigenvalue weighted by Gasteiger charge is 2.20. The monoisotopic (exact) mass is 252 g/mol. The zero-order valence-corrected chi connectivity index (χ0v) is 10.6. The van der Waals surface area contributed by atoms with Gasteiger partial charge in [-0.1, -0.05) is 6.92 Å². The normalized spacial score (nSPS) is 21.9. The molecule has 0 amide bonds. The molecule has 18 heavy (non-hydrogen) atoms. The van der Waals surface area contributed by atoms with Gasteiger partial charge in [-0.25, -0.2) is 0 Å². The molecule has 5 heteroatoms. The number of aliphatic hydroxyl groups excluding tert-OH is 2. The zero-order valence-electron chi connectivity index (χ0n) is 10.6. The molecule has 100 valence electrons. The first kappa shape index (κ1) is 13.3. The third-order valence-electron chi connectivity index (χ3n) is 3.21. The van der Waals surface area contributed by atoms with Gasteiger partial charge in [0.1, 0.15) is 0 Å². The molecule has 0 radical (unpaired) electrons. The van der Waals surface area contributed by atoms with Crippen LogP contribution in [-0.4, -0.2) is 47.6 Å². The Morgan fingerprint density at radius 3 is 3.00 bits per heavy atom. The molecule has 1 aliphatic heterocycles. The van der Waals surface area contributed by atoms with Crippen LogP contribution in [0.1, 0.15) is 25.1 Å². The zero-order chi connectivity index (χ0) is 13.0. The maximum Gasteiger partial charge on any atom is 0.0980 e. The van der Waals surface area contributed by atoms with E-state index in [2.05, 4.69) is 9.88 Å². The highest BCUT2D eigenvalue weighted by atomic mass is 16.5. The number of pyridine rings is 1. The van der Waals surface area contributed by atoms with Crippen LogP contribution >= 0.6 is 0 Å². The number of aliphatic hydroxyl groups is 2. The van der Waals surface area contributed by atoms with Gasteiger partial charge in [0.25, 0.3) is 0 Å². The molecule has 1 saturated heterocycles. The van der Waals surface area contributed by atoms with E-state index in [0.29, 0.717) is 25.3 Å². The van der Waals surface area contributed by atoms with Crippen molar-refractivity contribution < 1.29 is 14.9 Å². The van der Waals surface area contributed by atoms with Gasteiger partial charge in [-0.3, -0.25) is 4.98 Å². The van der Waals surface area contributed by atoms with Gasteiger partial charge in [0, 0.05) is 13.1 Å². The summed E-state index contributed by atoms with van der Waals surface area (Å²) >= 11 is 0. The van der Waals surface area contributed by atoms with Crippen LogP contribution in [0.4, 0.5) is 5.69 Å². The molecular weight excluding hydrogens is 232 g/mol. The molecule has 1 unspecified atom stereocenters. The summed E-state index contributed by atoms with van der Waals surface area (Å²) in [5.41, 5.74) is 1.71. The van der Waals surface area contributed by atoms with E-state index in [1.807, 2.05) is 19.1 Å². The molecule has 0 aromatic carbocycles. The van der Waals surface area contributed by atoms with Gasteiger partial charge in [-0.05, 0) is 18.6 Å². The summed E-state index contributed by atoms with van der Waals surface area (Å²) in [7, 11) is 0. The van der Waals surface area contributed by atoms with Crippen molar-refractivity contribution in [1.82, 2.24) is 4.98 Å². The summed E-state index contributed by atoms with van der Waals surface area (Å²) in [6, 6.07) is 3.81. The summed E-state index contributed by atoms with van der Waals surface area (Å²) in [6.45, 7) is 4.05. The SMILES string of the molecule is CC[C@H](O)c1ccc(N2CCOC(CO)C2)cn1. The van der Waals surface area contributed by atoms with E-state index in [0.717, 1.165) is 12.2 Å². The van der Waals surface area contributed by atoms with Crippen molar-refractivity contribution in [3.05, 3.63) is 24.0 Å². The molecule has 2 heterocycles. The number of nitrogens with zero attached hydrogens (tertiary/aromatic N) is 2. The summed E-state index contributed by atoms with van der Waals surface area (Å²) in [6.07, 6.45) is 1.82. The average molecular weight is 252 g/mol. The number of hydrogen-bond acceptors (Lipinski definition) is 5. The summed E-state index contributed by atoms with van der Waals surface area (Å²) < 4.78 is 5.41. The molecule has 1 aromatic rings. The Hall–Kier alpha value is -1.17. The van der Waals surface area contributed by atoms with Crippen LogP contribution in [0.15, 0.2) is 18.3 Å². The van der Waals surface area contributed by atoms with Crippen LogP contribution in [0, 0.1) is 0 Å². The van der Waals surface area contributed by atoms with Crippen LogP contribution < -0.4 is 4.90 Å². The lowest BCUT2D eigenvalue weighted by Crippen LogP contribution is -2.44. The van der Waals surface area contributed by atoms with Gasteiger partial charge in [0.15, 0.2) is 0 Å². The minimum atomic E-state index is -0.492. The second-order valence-corrected chi connectivity index (χ2v) is 4.49. The fraction of sp³-hybridized carbons (Fsp3) is 0.615. The molecule has 2 atom stereocenters. The average Bonchev–Trinajstić information content (AvgIpc) is 2.46. The first-order valence-electron chi connectivity index (χ1n) is 6.36. The molecule has 2 rings (SSSR count). The van der Waals surface area contributed by atoms with Crippen molar-refractivity contribution in [3.63, 3.8) is 0 Å². The van der Waals surface area contributed by atoms with Crippen molar-refractivity contribution in [2.45, 2.75) is 25.6 Å².